The van der Waals surface area contributed by atoms with Crippen molar-refractivity contribution in [1.82, 2.24) is 5.32 Å². The normalized spacial score (nSPS) is 12.5. The predicted molar refractivity (Wildman–Crippen MR) is 94.2 cm³/mol. The first-order valence-electron chi connectivity index (χ1n) is 7.89. The summed E-state index contributed by atoms with van der Waals surface area (Å²) in [6.45, 7) is 12.3. The van der Waals surface area contributed by atoms with Gasteiger partial charge in [-0.2, -0.15) is 0 Å². The smallest absolute Gasteiger partial charge is 0.217 e. The van der Waals surface area contributed by atoms with Gasteiger partial charge in [-0.05, 0) is 48.9 Å². The van der Waals surface area contributed by atoms with Gasteiger partial charge >= 0.3 is 0 Å². The maximum Gasteiger partial charge on any atom is 0.217 e. The molecule has 0 heterocycles. The summed E-state index contributed by atoms with van der Waals surface area (Å²) >= 11 is 0. The second kappa shape index (κ2) is 5.75. The molecular weight excluding hydrogens is 270 g/mol. The lowest BCUT2D eigenvalue weighted by Gasteiger charge is -2.36. The Morgan fingerprint density at radius 1 is 1.00 bits per heavy atom. The van der Waals surface area contributed by atoms with Crippen LogP contribution in [-0.4, -0.2) is 11.4 Å². The van der Waals surface area contributed by atoms with E-state index in [-0.39, 0.29) is 16.9 Å². The molecule has 22 heavy (non-hydrogen) atoms. The zero-order valence-electron chi connectivity index (χ0n) is 14.6. The van der Waals surface area contributed by atoms with Gasteiger partial charge in [-0.15, -0.1) is 0 Å². The van der Waals surface area contributed by atoms with Gasteiger partial charge in [0.1, 0.15) is 0 Å². The average molecular weight is 297 g/mol. The fourth-order valence-electron chi connectivity index (χ4n) is 3.51. The summed E-state index contributed by atoms with van der Waals surface area (Å²) in [7, 11) is 0. The Balaban J connectivity index is 2.32. The number of hydrogen-bond donors (Lipinski definition) is 1. The van der Waals surface area contributed by atoms with E-state index in [0.717, 1.165) is 6.42 Å². The molecule has 0 aromatic heterocycles. The summed E-state index contributed by atoms with van der Waals surface area (Å²) in [5.74, 6) is 0.0230. The van der Waals surface area contributed by atoms with Gasteiger partial charge in [-0.3, -0.25) is 4.79 Å². The molecule has 0 saturated carbocycles. The monoisotopic (exact) mass is 297 g/mol. The van der Waals surface area contributed by atoms with Crippen molar-refractivity contribution in [2.24, 2.45) is 0 Å². The van der Waals surface area contributed by atoms with Crippen LogP contribution in [-0.2, 0) is 10.2 Å². The number of hydrogen-bond acceptors (Lipinski definition) is 1. The van der Waals surface area contributed by atoms with Gasteiger partial charge in [0.25, 0.3) is 0 Å². The van der Waals surface area contributed by atoms with Gasteiger partial charge in [-0.25, -0.2) is 0 Å². The maximum absolute atomic E-state index is 11.4. The summed E-state index contributed by atoms with van der Waals surface area (Å²) in [5, 5.41) is 5.60. The van der Waals surface area contributed by atoms with Gasteiger partial charge in [0.2, 0.25) is 5.91 Å². The van der Waals surface area contributed by atoms with E-state index in [0.29, 0.717) is 0 Å². The second-order valence-electron chi connectivity index (χ2n) is 7.69. The van der Waals surface area contributed by atoms with Crippen molar-refractivity contribution >= 4 is 16.7 Å². The SMILES string of the molecule is CC(=O)NC(C)(C)CC(C)(C)c1ccc2cc(C)ccc2c1. The molecule has 1 N–H and O–H groups in total. The van der Waals surface area contributed by atoms with Crippen LogP contribution in [0.5, 0.6) is 0 Å². The van der Waals surface area contributed by atoms with E-state index >= 15 is 0 Å². The summed E-state index contributed by atoms with van der Waals surface area (Å²) in [4.78, 5) is 11.4. The highest BCUT2D eigenvalue weighted by Crippen LogP contribution is 2.34. The highest BCUT2D eigenvalue weighted by atomic mass is 16.1. The van der Waals surface area contributed by atoms with Gasteiger partial charge in [0.05, 0.1) is 0 Å². The molecular formula is C20H27NO. The first-order valence-corrected chi connectivity index (χ1v) is 7.89. The molecule has 0 unspecified atom stereocenters. The van der Waals surface area contributed by atoms with Crippen LogP contribution >= 0.6 is 0 Å². The zero-order chi connectivity index (χ0) is 16.5. The number of fused-ring (bicyclic) bond motifs is 1. The number of nitrogens with one attached hydrogen (secondary N) is 1. The number of aryl methyl sites for hydroxylation is 1. The van der Waals surface area contributed by atoms with E-state index in [2.05, 4.69) is 76.3 Å². The molecule has 0 saturated heterocycles. The van der Waals surface area contributed by atoms with E-state index in [4.69, 9.17) is 0 Å². The molecule has 0 aliphatic heterocycles. The van der Waals surface area contributed by atoms with Crippen LogP contribution < -0.4 is 5.32 Å². The number of rotatable bonds is 4. The molecule has 0 fully saturated rings. The third-order valence-corrected chi connectivity index (χ3v) is 4.18. The Kier molecular flexibility index (Phi) is 4.32. The van der Waals surface area contributed by atoms with Crippen LogP contribution in [0.1, 0.15) is 52.2 Å². The van der Waals surface area contributed by atoms with Crippen molar-refractivity contribution in [1.29, 1.82) is 0 Å². The molecule has 2 nitrogen and oxygen atoms in total. The number of amides is 1. The largest absolute Gasteiger partial charge is 0.351 e. The Bertz CT molecular complexity index is 698. The Hall–Kier alpha value is -1.83. The topological polar surface area (TPSA) is 29.1 Å². The van der Waals surface area contributed by atoms with Crippen molar-refractivity contribution < 1.29 is 4.79 Å². The van der Waals surface area contributed by atoms with Crippen LogP contribution in [0.3, 0.4) is 0 Å². The van der Waals surface area contributed by atoms with Gasteiger partial charge in [0, 0.05) is 12.5 Å². The molecule has 0 spiro atoms. The van der Waals surface area contributed by atoms with Gasteiger partial charge < -0.3 is 5.32 Å². The highest BCUT2D eigenvalue weighted by Gasteiger charge is 2.30. The van der Waals surface area contributed by atoms with Crippen molar-refractivity contribution in [3.8, 4) is 0 Å². The lowest BCUT2D eigenvalue weighted by Crippen LogP contribution is -2.46. The van der Waals surface area contributed by atoms with Gasteiger partial charge in [-0.1, -0.05) is 55.8 Å². The highest BCUT2D eigenvalue weighted by molar-refractivity contribution is 5.84. The van der Waals surface area contributed by atoms with Gasteiger partial charge in [0.15, 0.2) is 0 Å². The van der Waals surface area contributed by atoms with E-state index < -0.39 is 0 Å². The Morgan fingerprint density at radius 2 is 1.59 bits per heavy atom. The fraction of sp³-hybridized carbons (Fsp3) is 0.450. The average Bonchev–Trinajstić information content (AvgIpc) is 2.34. The van der Waals surface area contributed by atoms with E-state index in [1.54, 1.807) is 6.92 Å². The van der Waals surface area contributed by atoms with Crippen molar-refractivity contribution in [2.45, 2.75) is 58.9 Å². The lowest BCUT2D eigenvalue weighted by molar-refractivity contribution is -0.120. The number of benzene rings is 2. The molecule has 0 atom stereocenters. The zero-order valence-corrected chi connectivity index (χ0v) is 14.6. The third kappa shape index (κ3) is 3.88. The van der Waals surface area contributed by atoms with Crippen LogP contribution in [0, 0.1) is 6.92 Å². The van der Waals surface area contributed by atoms with Crippen molar-refractivity contribution in [3.05, 3.63) is 47.5 Å². The molecule has 2 heteroatoms. The molecule has 118 valence electrons. The summed E-state index contributed by atoms with van der Waals surface area (Å²) in [6, 6.07) is 13.2. The molecule has 0 aliphatic rings. The Labute approximate surface area is 133 Å². The summed E-state index contributed by atoms with van der Waals surface area (Å²) in [6.07, 6.45) is 0.886. The maximum atomic E-state index is 11.4. The van der Waals surface area contributed by atoms with Crippen molar-refractivity contribution in [2.75, 3.05) is 0 Å². The van der Waals surface area contributed by atoms with E-state index in [1.807, 2.05) is 0 Å². The lowest BCUT2D eigenvalue weighted by atomic mass is 9.74. The third-order valence-electron chi connectivity index (χ3n) is 4.18. The predicted octanol–water partition coefficient (Wildman–Crippen LogP) is 4.73. The first kappa shape index (κ1) is 16.5. The molecule has 0 aliphatic carbocycles. The van der Waals surface area contributed by atoms with Crippen LogP contribution in [0.2, 0.25) is 0 Å². The standard InChI is InChI=1S/C20H27NO/c1-14-7-8-17-12-18(10-9-16(17)11-14)19(3,4)13-20(5,6)21-15(2)22/h7-12H,13H2,1-6H3,(H,21,22). The molecule has 2 aromatic rings. The number of carbonyl (C=O) groups excluding carboxylic acids is 1. The number of carbonyl (C=O) groups is 1. The molecule has 2 aromatic carbocycles. The second-order valence-corrected chi connectivity index (χ2v) is 7.69. The van der Waals surface area contributed by atoms with Crippen LogP contribution in [0.25, 0.3) is 10.8 Å². The molecule has 0 bridgehead atoms. The molecule has 2 rings (SSSR count). The first-order chi connectivity index (χ1) is 10.1. The minimum Gasteiger partial charge on any atom is -0.351 e. The van der Waals surface area contributed by atoms with Crippen molar-refractivity contribution in [3.63, 3.8) is 0 Å². The minimum absolute atomic E-state index is 0.00890. The molecule has 1 amide bonds. The Morgan fingerprint density at radius 3 is 2.23 bits per heavy atom. The quantitative estimate of drug-likeness (QED) is 0.868. The summed E-state index contributed by atoms with van der Waals surface area (Å²) in [5.41, 5.74) is 2.36. The fourth-order valence-corrected chi connectivity index (χ4v) is 3.51. The van der Waals surface area contributed by atoms with E-state index in [9.17, 15) is 4.79 Å². The summed E-state index contributed by atoms with van der Waals surface area (Å²) < 4.78 is 0. The van der Waals surface area contributed by atoms with E-state index in [1.165, 1.54) is 21.9 Å². The van der Waals surface area contributed by atoms with Crippen LogP contribution in [0.4, 0.5) is 0 Å². The van der Waals surface area contributed by atoms with Crippen LogP contribution in [0.15, 0.2) is 36.4 Å². The molecule has 0 radical (unpaired) electrons. The minimum atomic E-state index is -0.225.